The van der Waals surface area contributed by atoms with Crippen molar-refractivity contribution < 1.29 is 9.53 Å². The van der Waals surface area contributed by atoms with E-state index in [4.69, 9.17) is 16.3 Å². The van der Waals surface area contributed by atoms with E-state index in [1.165, 1.54) is 5.56 Å². The largest absolute Gasteiger partial charge is 0.480 e. The van der Waals surface area contributed by atoms with Crippen LogP contribution in [0.2, 0.25) is 5.02 Å². The summed E-state index contributed by atoms with van der Waals surface area (Å²) in [6, 6.07) is 7.70. The lowest BCUT2D eigenvalue weighted by Crippen LogP contribution is -2.41. The van der Waals surface area contributed by atoms with E-state index in [1.54, 1.807) is 17.4 Å². The predicted octanol–water partition coefficient (Wildman–Crippen LogP) is 3.12. The summed E-state index contributed by atoms with van der Waals surface area (Å²) in [5, 5.41) is 7.84. The van der Waals surface area contributed by atoms with Crippen LogP contribution in [0, 0.1) is 0 Å². The number of hydrogen-bond donors (Lipinski definition) is 1. The number of carbonyl (C=O) groups excluding carboxylic acids is 1. The van der Waals surface area contributed by atoms with Gasteiger partial charge in [0.05, 0.1) is 6.04 Å². The zero-order valence-electron chi connectivity index (χ0n) is 13.1. The number of benzene rings is 1. The molecule has 4 nitrogen and oxygen atoms in total. The monoisotopic (exact) mass is 350 g/mol. The summed E-state index contributed by atoms with van der Waals surface area (Å²) in [5.41, 5.74) is 2.20. The van der Waals surface area contributed by atoms with Crippen LogP contribution < -0.4 is 10.1 Å². The molecule has 0 unspecified atom stereocenters. The standard InChI is InChI=1S/C17H19ClN2O2S/c1-20(2)14(11-5-6-23-10-11)9-19-17(21)16-8-12-7-13(18)3-4-15(12)22-16/h3-7,10,14,16H,8-9H2,1-2H3,(H,19,21)/t14-,16+/m1/s1. The van der Waals surface area contributed by atoms with E-state index in [0.717, 1.165) is 11.3 Å². The molecular weight excluding hydrogens is 332 g/mol. The lowest BCUT2D eigenvalue weighted by molar-refractivity contribution is -0.127. The molecule has 0 bridgehead atoms. The first-order chi connectivity index (χ1) is 11.0. The van der Waals surface area contributed by atoms with Crippen LogP contribution in [0.15, 0.2) is 35.0 Å². The molecule has 1 amide bonds. The minimum atomic E-state index is -0.478. The summed E-state index contributed by atoms with van der Waals surface area (Å²) in [6.07, 6.45) is 0.0843. The number of nitrogens with one attached hydrogen (secondary N) is 1. The second kappa shape index (κ2) is 6.91. The highest BCUT2D eigenvalue weighted by molar-refractivity contribution is 7.07. The zero-order valence-corrected chi connectivity index (χ0v) is 14.7. The molecule has 6 heteroatoms. The van der Waals surface area contributed by atoms with Gasteiger partial charge in [-0.1, -0.05) is 11.6 Å². The third-order valence-electron chi connectivity index (χ3n) is 4.01. The van der Waals surface area contributed by atoms with Crippen molar-refractivity contribution in [1.29, 1.82) is 0 Å². The van der Waals surface area contributed by atoms with Crippen molar-refractivity contribution in [3.63, 3.8) is 0 Å². The molecule has 0 aliphatic carbocycles. The summed E-state index contributed by atoms with van der Waals surface area (Å²) < 4.78 is 5.72. The minimum Gasteiger partial charge on any atom is -0.480 e. The molecule has 1 N–H and O–H groups in total. The summed E-state index contributed by atoms with van der Waals surface area (Å²) in [4.78, 5) is 14.5. The Morgan fingerprint density at radius 2 is 2.30 bits per heavy atom. The lowest BCUT2D eigenvalue weighted by Gasteiger charge is -2.24. The molecule has 1 aromatic heterocycles. The highest BCUT2D eigenvalue weighted by Gasteiger charge is 2.29. The average molecular weight is 351 g/mol. The number of thiophene rings is 1. The van der Waals surface area contributed by atoms with Crippen LogP contribution >= 0.6 is 22.9 Å². The van der Waals surface area contributed by atoms with Gasteiger partial charge in [-0.25, -0.2) is 0 Å². The van der Waals surface area contributed by atoms with Gasteiger partial charge in [0.2, 0.25) is 0 Å². The third-order valence-corrected chi connectivity index (χ3v) is 4.95. The smallest absolute Gasteiger partial charge is 0.261 e. The fraction of sp³-hybridized carbons (Fsp3) is 0.353. The Kier molecular flexibility index (Phi) is 4.90. The van der Waals surface area contributed by atoms with Crippen molar-refractivity contribution in [1.82, 2.24) is 10.2 Å². The Morgan fingerprint density at radius 3 is 3.00 bits per heavy atom. The highest BCUT2D eigenvalue weighted by atomic mass is 35.5. The fourth-order valence-corrected chi connectivity index (χ4v) is 3.64. The summed E-state index contributed by atoms with van der Waals surface area (Å²) in [6.45, 7) is 0.555. The van der Waals surface area contributed by atoms with Gasteiger partial charge >= 0.3 is 0 Å². The number of fused-ring (bicyclic) bond motifs is 1. The van der Waals surface area contributed by atoms with Gasteiger partial charge in [0.25, 0.3) is 5.91 Å². The van der Waals surface area contributed by atoms with E-state index >= 15 is 0 Å². The van der Waals surface area contributed by atoms with Gasteiger partial charge in [0, 0.05) is 18.0 Å². The van der Waals surface area contributed by atoms with E-state index in [0.29, 0.717) is 18.0 Å². The molecule has 2 atom stereocenters. The quantitative estimate of drug-likeness (QED) is 0.900. The molecule has 2 aromatic rings. The second-order valence-electron chi connectivity index (χ2n) is 5.84. The number of hydrogen-bond acceptors (Lipinski definition) is 4. The van der Waals surface area contributed by atoms with Gasteiger partial charge < -0.3 is 15.0 Å². The molecule has 122 valence electrons. The Balaban J connectivity index is 1.60. The summed E-state index contributed by atoms with van der Waals surface area (Å²) in [5.74, 6) is 0.663. The molecule has 0 spiro atoms. The van der Waals surface area contributed by atoms with Gasteiger partial charge in [-0.15, -0.1) is 0 Å². The number of likely N-dealkylation sites (N-methyl/N-ethyl adjacent to an activating group) is 1. The van der Waals surface area contributed by atoms with E-state index in [9.17, 15) is 4.79 Å². The molecular formula is C17H19ClN2O2S. The fourth-order valence-electron chi connectivity index (χ4n) is 2.74. The number of nitrogens with zero attached hydrogens (tertiary/aromatic N) is 1. The molecule has 0 saturated heterocycles. The van der Waals surface area contributed by atoms with Crippen LogP contribution in [0.25, 0.3) is 0 Å². The molecule has 1 aliphatic heterocycles. The number of ether oxygens (including phenoxy) is 1. The Bertz CT molecular complexity index is 688. The zero-order chi connectivity index (χ0) is 16.4. The SMILES string of the molecule is CN(C)[C@H](CNC(=O)[C@@H]1Cc2cc(Cl)ccc2O1)c1ccsc1. The Morgan fingerprint density at radius 1 is 1.48 bits per heavy atom. The Hall–Kier alpha value is -1.56. The summed E-state index contributed by atoms with van der Waals surface area (Å²) >= 11 is 7.65. The van der Waals surface area contributed by atoms with Crippen molar-refractivity contribution in [3.05, 3.63) is 51.2 Å². The van der Waals surface area contributed by atoms with Gasteiger partial charge in [0.1, 0.15) is 5.75 Å². The van der Waals surface area contributed by atoms with E-state index in [1.807, 2.05) is 31.6 Å². The van der Waals surface area contributed by atoms with Crippen molar-refractivity contribution >= 4 is 28.8 Å². The van der Waals surface area contributed by atoms with E-state index in [-0.39, 0.29) is 11.9 Å². The second-order valence-corrected chi connectivity index (χ2v) is 7.06. The maximum atomic E-state index is 12.4. The van der Waals surface area contributed by atoms with Crippen LogP contribution in [-0.4, -0.2) is 37.6 Å². The first-order valence-electron chi connectivity index (χ1n) is 7.46. The van der Waals surface area contributed by atoms with Crippen LogP contribution in [0.4, 0.5) is 0 Å². The number of amides is 1. The third kappa shape index (κ3) is 3.68. The van der Waals surface area contributed by atoms with Crippen LogP contribution in [0.3, 0.4) is 0 Å². The first kappa shape index (κ1) is 16.3. The Labute approximate surface area is 145 Å². The van der Waals surface area contributed by atoms with Crippen LogP contribution in [0.5, 0.6) is 5.75 Å². The van der Waals surface area contributed by atoms with Gasteiger partial charge in [0.15, 0.2) is 6.10 Å². The van der Waals surface area contributed by atoms with Crippen molar-refractivity contribution in [3.8, 4) is 5.75 Å². The lowest BCUT2D eigenvalue weighted by atomic mass is 10.1. The molecule has 3 rings (SSSR count). The molecule has 0 radical (unpaired) electrons. The number of rotatable bonds is 5. The molecule has 2 heterocycles. The molecule has 0 saturated carbocycles. The highest BCUT2D eigenvalue weighted by Crippen LogP contribution is 2.31. The van der Waals surface area contributed by atoms with Crippen molar-refractivity contribution in [2.45, 2.75) is 18.6 Å². The van der Waals surface area contributed by atoms with Crippen LogP contribution in [0.1, 0.15) is 17.2 Å². The maximum absolute atomic E-state index is 12.4. The van der Waals surface area contributed by atoms with Gasteiger partial charge in [-0.2, -0.15) is 11.3 Å². The summed E-state index contributed by atoms with van der Waals surface area (Å²) in [7, 11) is 4.02. The average Bonchev–Trinajstić information content (AvgIpc) is 3.15. The van der Waals surface area contributed by atoms with Crippen molar-refractivity contribution in [2.75, 3.05) is 20.6 Å². The maximum Gasteiger partial charge on any atom is 0.261 e. The minimum absolute atomic E-state index is 0.0839. The number of halogens is 1. The van der Waals surface area contributed by atoms with E-state index in [2.05, 4.69) is 21.7 Å². The van der Waals surface area contributed by atoms with Crippen LogP contribution in [-0.2, 0) is 11.2 Å². The van der Waals surface area contributed by atoms with Gasteiger partial charge in [-0.05, 0) is 60.2 Å². The molecule has 23 heavy (non-hydrogen) atoms. The first-order valence-corrected chi connectivity index (χ1v) is 8.78. The number of carbonyl (C=O) groups is 1. The molecule has 1 aliphatic rings. The normalized spacial score (nSPS) is 17.7. The topological polar surface area (TPSA) is 41.6 Å². The van der Waals surface area contributed by atoms with Crippen molar-refractivity contribution in [2.24, 2.45) is 0 Å². The predicted molar refractivity (Wildman–Crippen MR) is 93.3 cm³/mol. The molecule has 0 fully saturated rings. The van der Waals surface area contributed by atoms with E-state index < -0.39 is 6.10 Å². The molecule has 1 aromatic carbocycles. The van der Waals surface area contributed by atoms with Gasteiger partial charge in [-0.3, -0.25) is 4.79 Å².